The van der Waals surface area contributed by atoms with Gasteiger partial charge in [0.05, 0.1) is 11.8 Å². The van der Waals surface area contributed by atoms with Crippen LogP contribution in [-0.4, -0.2) is 30.6 Å². The van der Waals surface area contributed by atoms with Gasteiger partial charge < -0.3 is 9.64 Å². The second-order valence-corrected chi connectivity index (χ2v) is 5.59. The molecular weight excluding hydrogens is 224 g/mol. The van der Waals surface area contributed by atoms with Crippen LogP contribution in [0.1, 0.15) is 55.3 Å². The Balaban J connectivity index is 2.47. The third kappa shape index (κ3) is 2.57. The topological polar surface area (TPSA) is 25.4 Å². The molecule has 0 spiro atoms. The summed E-state index contributed by atoms with van der Waals surface area (Å²) in [7, 11) is 3.92. The third-order valence-electron chi connectivity index (χ3n) is 3.78. The Morgan fingerprint density at radius 2 is 2.06 bits per heavy atom. The van der Waals surface area contributed by atoms with Gasteiger partial charge in [-0.05, 0) is 31.0 Å². The lowest BCUT2D eigenvalue weighted by molar-refractivity contribution is 0.114. The second-order valence-electron chi connectivity index (χ2n) is 5.59. The number of aromatic nitrogens is 1. The van der Waals surface area contributed by atoms with E-state index in [4.69, 9.17) is 9.72 Å². The molecule has 1 aliphatic rings. The van der Waals surface area contributed by atoms with E-state index in [1.165, 1.54) is 16.8 Å². The zero-order valence-electron chi connectivity index (χ0n) is 12.2. The molecule has 0 aliphatic carbocycles. The molecule has 0 fully saturated rings. The number of pyridine rings is 1. The van der Waals surface area contributed by atoms with Gasteiger partial charge >= 0.3 is 0 Å². The molecule has 1 atom stereocenters. The first-order valence-corrected chi connectivity index (χ1v) is 6.76. The zero-order chi connectivity index (χ0) is 13.3. The minimum Gasteiger partial charge on any atom is -0.375 e. The Bertz CT molecular complexity index is 429. The van der Waals surface area contributed by atoms with Gasteiger partial charge in [0, 0.05) is 32.3 Å². The molecular formula is C15H24N2O. The molecule has 1 aliphatic heterocycles. The second kappa shape index (κ2) is 5.37. The van der Waals surface area contributed by atoms with Gasteiger partial charge in [0.1, 0.15) is 0 Å². The Hall–Kier alpha value is -0.930. The first kappa shape index (κ1) is 13.5. The summed E-state index contributed by atoms with van der Waals surface area (Å²) < 4.78 is 5.47. The maximum absolute atomic E-state index is 5.47. The van der Waals surface area contributed by atoms with Crippen LogP contribution in [0, 0.1) is 0 Å². The Morgan fingerprint density at radius 1 is 1.33 bits per heavy atom. The number of ether oxygens (including phenoxy) is 1. The number of hydrogen-bond donors (Lipinski definition) is 0. The van der Waals surface area contributed by atoms with Gasteiger partial charge in [-0.2, -0.15) is 0 Å². The summed E-state index contributed by atoms with van der Waals surface area (Å²) in [6.45, 7) is 8.64. The Labute approximate surface area is 110 Å². The van der Waals surface area contributed by atoms with E-state index in [0.29, 0.717) is 5.92 Å². The summed E-state index contributed by atoms with van der Waals surface area (Å²) in [5.41, 5.74) is 5.10. The smallest absolute Gasteiger partial charge is 0.0965 e. The molecule has 2 rings (SSSR count). The van der Waals surface area contributed by atoms with Crippen LogP contribution in [0.2, 0.25) is 0 Å². The summed E-state index contributed by atoms with van der Waals surface area (Å²) in [5.74, 6) is 0.489. The maximum atomic E-state index is 5.47. The summed E-state index contributed by atoms with van der Waals surface area (Å²) in [4.78, 5) is 7.24. The fraction of sp³-hybridized carbons (Fsp3) is 0.667. The first-order valence-electron chi connectivity index (χ1n) is 6.76. The van der Waals surface area contributed by atoms with E-state index in [0.717, 1.165) is 25.2 Å². The average Bonchev–Trinajstić information content (AvgIpc) is 2.36. The van der Waals surface area contributed by atoms with Gasteiger partial charge in [-0.15, -0.1) is 0 Å². The number of hydrogen-bond acceptors (Lipinski definition) is 3. The van der Waals surface area contributed by atoms with Crippen LogP contribution < -0.4 is 0 Å². The monoisotopic (exact) mass is 248 g/mol. The van der Waals surface area contributed by atoms with Crippen LogP contribution in [0.4, 0.5) is 0 Å². The zero-order valence-corrected chi connectivity index (χ0v) is 12.2. The maximum Gasteiger partial charge on any atom is 0.0965 e. The van der Waals surface area contributed by atoms with E-state index in [9.17, 15) is 0 Å². The fourth-order valence-electron chi connectivity index (χ4n) is 2.55. The summed E-state index contributed by atoms with van der Waals surface area (Å²) in [5, 5.41) is 0. The van der Waals surface area contributed by atoms with E-state index < -0.39 is 0 Å². The van der Waals surface area contributed by atoms with Gasteiger partial charge in [-0.3, -0.25) is 4.98 Å². The highest BCUT2D eigenvalue weighted by Crippen LogP contribution is 2.29. The molecule has 0 saturated heterocycles. The molecule has 0 aromatic carbocycles. The van der Waals surface area contributed by atoms with Crippen molar-refractivity contribution in [3.63, 3.8) is 0 Å². The normalized spacial score (nSPS) is 17.9. The number of nitrogens with zero attached hydrogens (tertiary/aromatic N) is 2. The Kier molecular flexibility index (Phi) is 4.03. The molecule has 18 heavy (non-hydrogen) atoms. The number of methoxy groups -OCH3 is 1. The van der Waals surface area contributed by atoms with Crippen LogP contribution in [0.3, 0.4) is 0 Å². The molecule has 0 N–H and O–H groups in total. The SMILES string of the molecule is COC(C)c1nc2c(cc1C(C)C)CN(C)CC2. The van der Waals surface area contributed by atoms with Crippen molar-refractivity contribution in [1.29, 1.82) is 0 Å². The lowest BCUT2D eigenvalue weighted by Crippen LogP contribution is -2.28. The van der Waals surface area contributed by atoms with Crippen LogP contribution in [0.25, 0.3) is 0 Å². The molecule has 0 bridgehead atoms. The summed E-state index contributed by atoms with van der Waals surface area (Å²) in [6.07, 6.45) is 1.13. The average molecular weight is 248 g/mol. The molecule has 2 heterocycles. The quantitative estimate of drug-likeness (QED) is 0.822. The van der Waals surface area contributed by atoms with Crippen molar-refractivity contribution >= 4 is 0 Å². The number of fused-ring (bicyclic) bond motifs is 1. The first-order chi connectivity index (χ1) is 8.52. The highest BCUT2D eigenvalue weighted by atomic mass is 16.5. The predicted molar refractivity (Wildman–Crippen MR) is 73.8 cm³/mol. The lowest BCUT2D eigenvalue weighted by Gasteiger charge is -2.27. The third-order valence-corrected chi connectivity index (χ3v) is 3.78. The van der Waals surface area contributed by atoms with Crippen molar-refractivity contribution in [2.24, 2.45) is 0 Å². The van der Waals surface area contributed by atoms with Crippen LogP contribution in [-0.2, 0) is 17.7 Å². The minimum absolute atomic E-state index is 0.0763. The standard InChI is InChI=1S/C15H24N2O/c1-10(2)13-8-12-9-17(4)7-6-14(12)16-15(13)11(3)18-5/h8,10-11H,6-7,9H2,1-5H3. The van der Waals surface area contributed by atoms with Gasteiger partial charge in [-0.1, -0.05) is 19.9 Å². The van der Waals surface area contributed by atoms with E-state index >= 15 is 0 Å². The van der Waals surface area contributed by atoms with Gasteiger partial charge in [-0.25, -0.2) is 0 Å². The molecule has 100 valence electrons. The molecule has 0 radical (unpaired) electrons. The number of rotatable bonds is 3. The fourth-order valence-corrected chi connectivity index (χ4v) is 2.55. The van der Waals surface area contributed by atoms with Gasteiger partial charge in [0.2, 0.25) is 0 Å². The van der Waals surface area contributed by atoms with E-state index in [1.807, 2.05) is 0 Å². The predicted octanol–water partition coefficient (Wildman–Crippen LogP) is 2.90. The number of likely N-dealkylation sites (N-methyl/N-ethyl adjacent to an activating group) is 1. The van der Waals surface area contributed by atoms with E-state index in [2.05, 4.69) is 38.8 Å². The van der Waals surface area contributed by atoms with Crippen molar-refractivity contribution in [2.45, 2.75) is 45.8 Å². The van der Waals surface area contributed by atoms with Crippen molar-refractivity contribution in [3.8, 4) is 0 Å². The molecule has 1 aromatic rings. The highest BCUT2D eigenvalue weighted by Gasteiger charge is 2.21. The van der Waals surface area contributed by atoms with Crippen LogP contribution in [0.5, 0.6) is 0 Å². The van der Waals surface area contributed by atoms with Crippen LogP contribution in [0.15, 0.2) is 6.07 Å². The summed E-state index contributed by atoms with van der Waals surface area (Å²) >= 11 is 0. The molecule has 0 saturated carbocycles. The molecule has 3 heteroatoms. The highest BCUT2D eigenvalue weighted by molar-refractivity contribution is 5.35. The molecule has 1 unspecified atom stereocenters. The van der Waals surface area contributed by atoms with Crippen LogP contribution >= 0.6 is 0 Å². The van der Waals surface area contributed by atoms with Crippen molar-refractivity contribution in [3.05, 3.63) is 28.6 Å². The lowest BCUT2D eigenvalue weighted by atomic mass is 9.94. The molecule has 3 nitrogen and oxygen atoms in total. The largest absolute Gasteiger partial charge is 0.375 e. The van der Waals surface area contributed by atoms with Crippen molar-refractivity contribution in [2.75, 3.05) is 20.7 Å². The van der Waals surface area contributed by atoms with Gasteiger partial charge in [0.15, 0.2) is 0 Å². The van der Waals surface area contributed by atoms with Crippen molar-refractivity contribution in [1.82, 2.24) is 9.88 Å². The molecule has 1 aromatic heterocycles. The summed E-state index contributed by atoms with van der Waals surface area (Å²) in [6, 6.07) is 2.34. The van der Waals surface area contributed by atoms with Gasteiger partial charge in [0.25, 0.3) is 0 Å². The van der Waals surface area contributed by atoms with E-state index in [-0.39, 0.29) is 6.10 Å². The van der Waals surface area contributed by atoms with Crippen molar-refractivity contribution < 1.29 is 4.74 Å². The Morgan fingerprint density at radius 3 is 2.67 bits per heavy atom. The van der Waals surface area contributed by atoms with E-state index in [1.54, 1.807) is 7.11 Å². The molecule has 0 amide bonds. The minimum atomic E-state index is 0.0763.